The molecule has 1 saturated carbocycles. The average molecular weight is 336 g/mol. The van der Waals surface area contributed by atoms with Gasteiger partial charge in [0.05, 0.1) is 0 Å². The van der Waals surface area contributed by atoms with Gasteiger partial charge in [-0.25, -0.2) is 5.43 Å². The topological polar surface area (TPSA) is 50.7 Å². The minimum atomic E-state index is -0.166. The van der Waals surface area contributed by atoms with Gasteiger partial charge >= 0.3 is 0 Å². The smallest absolute Gasteiger partial charge is 0.271 e. The van der Waals surface area contributed by atoms with Gasteiger partial charge in [0.15, 0.2) is 0 Å². The van der Waals surface area contributed by atoms with Crippen LogP contribution >= 0.6 is 0 Å². The predicted molar refractivity (Wildman–Crippen MR) is 99.7 cm³/mol. The Balaban J connectivity index is 1.54. The minimum absolute atomic E-state index is 0.166. The van der Waals surface area contributed by atoms with Crippen LogP contribution in [0.4, 0.5) is 0 Å². The van der Waals surface area contributed by atoms with Crippen LogP contribution in [-0.4, -0.2) is 11.6 Å². The lowest BCUT2D eigenvalue weighted by molar-refractivity contribution is 0.0954. The van der Waals surface area contributed by atoms with Crippen LogP contribution in [0.2, 0.25) is 0 Å². The van der Waals surface area contributed by atoms with Gasteiger partial charge in [0, 0.05) is 11.3 Å². The minimum Gasteiger partial charge on any atom is -0.489 e. The van der Waals surface area contributed by atoms with Crippen molar-refractivity contribution in [2.75, 3.05) is 0 Å². The average Bonchev–Trinajstić information content (AvgIpc) is 2.67. The molecule has 0 spiro atoms. The first-order chi connectivity index (χ1) is 12.2. The van der Waals surface area contributed by atoms with Gasteiger partial charge in [0.2, 0.25) is 0 Å². The number of hydrazone groups is 1. The number of ether oxygens (including phenoxy) is 1. The van der Waals surface area contributed by atoms with E-state index in [1.54, 1.807) is 0 Å². The summed E-state index contributed by atoms with van der Waals surface area (Å²) in [7, 11) is 0. The van der Waals surface area contributed by atoms with Crippen LogP contribution < -0.4 is 10.2 Å². The summed E-state index contributed by atoms with van der Waals surface area (Å²) in [5.74, 6) is 1.13. The zero-order valence-corrected chi connectivity index (χ0v) is 14.6. The van der Waals surface area contributed by atoms with Crippen molar-refractivity contribution in [1.82, 2.24) is 5.43 Å². The molecule has 3 rings (SSSR count). The Morgan fingerprint density at radius 3 is 2.60 bits per heavy atom. The predicted octanol–water partition coefficient (Wildman–Crippen LogP) is 4.56. The van der Waals surface area contributed by atoms with Crippen LogP contribution in [-0.2, 0) is 6.61 Å². The largest absolute Gasteiger partial charge is 0.489 e. The molecule has 0 saturated heterocycles. The molecule has 1 amide bonds. The standard InChI is InChI=1S/C21H24N2O2/c1-16-7-5-6-10-20(16)22-23-21(24)18-13-11-17(12-14-18)15-25-19-8-3-2-4-9-19/h2-4,8-9,11-14,16H,5-7,10,15H2,1H3,(H,23,24)/b22-20-/t16-/m0/s1. The lowest BCUT2D eigenvalue weighted by atomic mass is 9.89. The first-order valence-electron chi connectivity index (χ1n) is 8.86. The van der Waals surface area contributed by atoms with Gasteiger partial charge in [-0.3, -0.25) is 4.79 Å². The lowest BCUT2D eigenvalue weighted by Crippen LogP contribution is -2.24. The van der Waals surface area contributed by atoms with E-state index >= 15 is 0 Å². The lowest BCUT2D eigenvalue weighted by Gasteiger charge is -2.19. The van der Waals surface area contributed by atoms with E-state index in [9.17, 15) is 4.79 Å². The molecule has 0 aliphatic heterocycles. The molecule has 25 heavy (non-hydrogen) atoms. The van der Waals surface area contributed by atoms with Gasteiger partial charge in [-0.2, -0.15) is 5.10 Å². The van der Waals surface area contributed by atoms with Gasteiger partial charge in [-0.05, 0) is 55.0 Å². The number of amides is 1. The molecule has 1 aliphatic rings. The van der Waals surface area contributed by atoms with E-state index in [4.69, 9.17) is 4.74 Å². The molecule has 130 valence electrons. The van der Waals surface area contributed by atoms with Gasteiger partial charge < -0.3 is 4.74 Å². The Kier molecular flexibility index (Phi) is 5.83. The van der Waals surface area contributed by atoms with Crippen molar-refractivity contribution in [3.05, 3.63) is 65.7 Å². The molecule has 0 unspecified atom stereocenters. The second-order valence-electron chi connectivity index (χ2n) is 6.49. The van der Waals surface area contributed by atoms with Gasteiger partial charge in [-0.1, -0.05) is 43.7 Å². The molecule has 2 aromatic rings. The second kappa shape index (κ2) is 8.47. The summed E-state index contributed by atoms with van der Waals surface area (Å²) in [4.78, 5) is 12.2. The number of nitrogens with zero attached hydrogens (tertiary/aromatic N) is 1. The Hall–Kier alpha value is -2.62. The highest BCUT2D eigenvalue weighted by atomic mass is 16.5. The summed E-state index contributed by atoms with van der Waals surface area (Å²) in [5, 5.41) is 4.33. The summed E-state index contributed by atoms with van der Waals surface area (Å²) in [6.45, 7) is 2.65. The first-order valence-corrected chi connectivity index (χ1v) is 8.86. The molecule has 1 N–H and O–H groups in total. The zero-order chi connectivity index (χ0) is 17.5. The Morgan fingerprint density at radius 1 is 1.12 bits per heavy atom. The number of carbonyl (C=O) groups is 1. The van der Waals surface area contributed by atoms with E-state index in [1.807, 2.05) is 54.6 Å². The highest BCUT2D eigenvalue weighted by Gasteiger charge is 2.16. The normalized spacial score (nSPS) is 18.8. The van der Waals surface area contributed by atoms with E-state index in [0.717, 1.165) is 36.3 Å². The molecule has 1 aliphatic carbocycles. The van der Waals surface area contributed by atoms with E-state index < -0.39 is 0 Å². The number of carbonyl (C=O) groups excluding carboxylic acids is 1. The fourth-order valence-electron chi connectivity index (χ4n) is 2.96. The van der Waals surface area contributed by atoms with Crippen LogP contribution in [0.25, 0.3) is 0 Å². The second-order valence-corrected chi connectivity index (χ2v) is 6.49. The maximum absolute atomic E-state index is 12.2. The number of nitrogens with one attached hydrogen (secondary N) is 1. The molecule has 0 heterocycles. The Labute approximate surface area is 148 Å². The summed E-state index contributed by atoms with van der Waals surface area (Å²) in [6, 6.07) is 17.1. The zero-order valence-electron chi connectivity index (χ0n) is 14.6. The van der Waals surface area contributed by atoms with Crippen LogP contribution in [0.5, 0.6) is 5.75 Å². The number of benzene rings is 2. The van der Waals surface area contributed by atoms with Crippen LogP contribution in [0.15, 0.2) is 59.7 Å². The summed E-state index contributed by atoms with van der Waals surface area (Å²) in [6.07, 6.45) is 4.55. The van der Waals surface area contributed by atoms with Crippen LogP contribution in [0, 0.1) is 5.92 Å². The van der Waals surface area contributed by atoms with Crippen molar-refractivity contribution in [3.8, 4) is 5.75 Å². The molecule has 4 heteroatoms. The fraction of sp³-hybridized carbons (Fsp3) is 0.333. The summed E-state index contributed by atoms with van der Waals surface area (Å²) < 4.78 is 5.71. The summed E-state index contributed by atoms with van der Waals surface area (Å²) >= 11 is 0. The molecule has 1 fully saturated rings. The van der Waals surface area contributed by atoms with E-state index in [0.29, 0.717) is 18.1 Å². The van der Waals surface area contributed by atoms with Crippen LogP contribution in [0.3, 0.4) is 0 Å². The Bertz CT molecular complexity index is 723. The van der Waals surface area contributed by atoms with Gasteiger partial charge in [0.25, 0.3) is 5.91 Å². The SMILES string of the molecule is C[C@H]1CCCC/C1=N/NC(=O)c1ccc(COc2ccccc2)cc1. The van der Waals surface area contributed by atoms with Crippen molar-refractivity contribution < 1.29 is 9.53 Å². The van der Waals surface area contributed by atoms with Crippen molar-refractivity contribution >= 4 is 11.6 Å². The molecule has 4 nitrogen and oxygen atoms in total. The highest BCUT2D eigenvalue weighted by molar-refractivity contribution is 5.95. The van der Waals surface area contributed by atoms with Gasteiger partial charge in [-0.15, -0.1) is 0 Å². The van der Waals surface area contributed by atoms with Gasteiger partial charge in [0.1, 0.15) is 12.4 Å². The summed E-state index contributed by atoms with van der Waals surface area (Å²) in [5.41, 5.74) is 5.43. The number of hydrogen-bond donors (Lipinski definition) is 1. The Morgan fingerprint density at radius 2 is 1.88 bits per heavy atom. The van der Waals surface area contributed by atoms with E-state index in [2.05, 4.69) is 17.5 Å². The third kappa shape index (κ3) is 4.92. The molecule has 0 aromatic heterocycles. The monoisotopic (exact) mass is 336 g/mol. The quantitative estimate of drug-likeness (QED) is 0.814. The van der Waals surface area contributed by atoms with Crippen molar-refractivity contribution in [2.24, 2.45) is 11.0 Å². The van der Waals surface area contributed by atoms with Crippen LogP contribution in [0.1, 0.15) is 48.5 Å². The molecule has 1 atom stereocenters. The maximum Gasteiger partial charge on any atom is 0.271 e. The fourth-order valence-corrected chi connectivity index (χ4v) is 2.96. The molecule has 0 radical (unpaired) electrons. The number of hydrogen-bond acceptors (Lipinski definition) is 3. The van der Waals surface area contributed by atoms with E-state index in [1.165, 1.54) is 6.42 Å². The number of para-hydroxylation sites is 1. The molecule has 0 bridgehead atoms. The van der Waals surface area contributed by atoms with Crippen molar-refractivity contribution in [2.45, 2.75) is 39.2 Å². The first kappa shape index (κ1) is 17.2. The van der Waals surface area contributed by atoms with Crippen molar-refractivity contribution in [3.63, 3.8) is 0 Å². The highest BCUT2D eigenvalue weighted by Crippen LogP contribution is 2.20. The molecule has 2 aromatic carbocycles. The van der Waals surface area contributed by atoms with Crippen molar-refractivity contribution in [1.29, 1.82) is 0 Å². The van der Waals surface area contributed by atoms with E-state index in [-0.39, 0.29) is 5.91 Å². The molecular formula is C21H24N2O2. The third-order valence-electron chi connectivity index (χ3n) is 4.55. The third-order valence-corrected chi connectivity index (χ3v) is 4.55. The number of rotatable bonds is 5. The molecular weight excluding hydrogens is 312 g/mol. The maximum atomic E-state index is 12.2.